The normalized spacial score (nSPS) is 11.7. The summed E-state index contributed by atoms with van der Waals surface area (Å²) in [5.74, 6) is 0. The summed E-state index contributed by atoms with van der Waals surface area (Å²) >= 11 is 0. The van der Waals surface area contributed by atoms with Crippen molar-refractivity contribution >= 4 is 22.8 Å². The highest BCUT2D eigenvalue weighted by atomic mass is 15.3. The molecule has 0 heterocycles. The van der Waals surface area contributed by atoms with Crippen LogP contribution in [0.25, 0.3) is 0 Å². The molecule has 0 bridgehead atoms. The predicted molar refractivity (Wildman–Crippen MR) is 151 cm³/mol. The fourth-order valence-electron chi connectivity index (χ4n) is 3.91. The van der Waals surface area contributed by atoms with E-state index in [2.05, 4.69) is 47.2 Å². The lowest BCUT2D eigenvalue weighted by Crippen LogP contribution is -2.15. The van der Waals surface area contributed by atoms with E-state index in [0.717, 1.165) is 45.1 Å². The Bertz CT molecular complexity index is 1330. The van der Waals surface area contributed by atoms with E-state index in [1.165, 1.54) is 0 Å². The van der Waals surface area contributed by atoms with E-state index in [1.54, 1.807) is 0 Å². The van der Waals surface area contributed by atoms with Gasteiger partial charge >= 0.3 is 0 Å². The highest BCUT2D eigenvalue weighted by Gasteiger charge is 2.17. The van der Waals surface area contributed by atoms with E-state index in [4.69, 9.17) is 10.2 Å². The van der Waals surface area contributed by atoms with Crippen LogP contribution in [0.3, 0.4) is 0 Å². The minimum absolute atomic E-state index is 0.832. The largest absolute Gasteiger partial charge is 0.278 e. The predicted octanol–water partition coefficient (Wildman–Crippen LogP) is 7.42. The van der Waals surface area contributed by atoms with Crippen LogP contribution in [0.1, 0.15) is 22.3 Å². The van der Waals surface area contributed by atoms with Crippen LogP contribution in [0.5, 0.6) is 0 Å². The molecule has 5 aromatic carbocycles. The molecule has 0 atom stereocenters. The first-order valence-electron chi connectivity index (χ1n) is 11.9. The summed E-state index contributed by atoms with van der Waals surface area (Å²) in [5.41, 5.74) is 14.0. The average molecular weight is 467 g/mol. The number of nitrogens with one attached hydrogen (secondary N) is 2. The quantitative estimate of drug-likeness (QED) is 0.185. The summed E-state index contributed by atoms with van der Waals surface area (Å²) in [5, 5.41) is 9.76. The van der Waals surface area contributed by atoms with Gasteiger partial charge in [0.25, 0.3) is 0 Å². The molecule has 36 heavy (non-hydrogen) atoms. The fourth-order valence-corrected chi connectivity index (χ4v) is 3.91. The summed E-state index contributed by atoms with van der Waals surface area (Å²) < 4.78 is 0. The maximum absolute atomic E-state index is 4.88. The Morgan fingerprint density at radius 3 is 1.03 bits per heavy atom. The molecule has 0 unspecified atom stereocenters. The van der Waals surface area contributed by atoms with Gasteiger partial charge in [0.15, 0.2) is 0 Å². The molecule has 2 N–H and O–H groups in total. The summed E-state index contributed by atoms with van der Waals surface area (Å²) in [6.07, 6.45) is 0. The van der Waals surface area contributed by atoms with E-state index in [1.807, 2.05) is 109 Å². The lowest BCUT2D eigenvalue weighted by Gasteiger charge is -2.16. The molecule has 0 spiro atoms. The lowest BCUT2D eigenvalue weighted by molar-refractivity contribution is 1.31. The molecule has 0 aliphatic heterocycles. The van der Waals surface area contributed by atoms with Crippen LogP contribution in [0, 0.1) is 0 Å². The topological polar surface area (TPSA) is 48.8 Å². The first-order valence-corrected chi connectivity index (χ1v) is 11.9. The summed E-state index contributed by atoms with van der Waals surface area (Å²) in [4.78, 5) is 0. The van der Waals surface area contributed by atoms with Gasteiger partial charge in [-0.2, -0.15) is 10.2 Å². The number of anilines is 2. The van der Waals surface area contributed by atoms with Crippen molar-refractivity contribution in [3.05, 3.63) is 168 Å². The molecule has 5 rings (SSSR count). The van der Waals surface area contributed by atoms with Gasteiger partial charge in [0.2, 0.25) is 0 Å². The highest BCUT2D eigenvalue weighted by Crippen LogP contribution is 2.21. The Labute approximate surface area is 211 Å². The van der Waals surface area contributed by atoms with Crippen LogP contribution < -0.4 is 10.9 Å². The highest BCUT2D eigenvalue weighted by molar-refractivity contribution is 6.23. The third-order valence-corrected chi connectivity index (χ3v) is 5.67. The maximum Gasteiger partial charge on any atom is 0.0984 e. The Balaban J connectivity index is 1.64. The van der Waals surface area contributed by atoms with Crippen LogP contribution in [-0.4, -0.2) is 11.4 Å². The smallest absolute Gasteiger partial charge is 0.0984 e. The molecule has 0 radical (unpaired) electrons. The zero-order valence-corrected chi connectivity index (χ0v) is 19.8. The van der Waals surface area contributed by atoms with Gasteiger partial charge in [-0.1, -0.05) is 121 Å². The van der Waals surface area contributed by atoms with Gasteiger partial charge in [0.05, 0.1) is 22.8 Å². The van der Waals surface area contributed by atoms with E-state index in [9.17, 15) is 0 Å². The van der Waals surface area contributed by atoms with Crippen LogP contribution in [0.2, 0.25) is 0 Å². The number of para-hydroxylation sites is 2. The number of hydrogen-bond acceptors (Lipinski definition) is 4. The summed E-state index contributed by atoms with van der Waals surface area (Å²) in [6.45, 7) is 0. The van der Waals surface area contributed by atoms with Crippen LogP contribution in [-0.2, 0) is 0 Å². The second-order valence-corrected chi connectivity index (χ2v) is 8.15. The van der Waals surface area contributed by atoms with Crippen molar-refractivity contribution < 1.29 is 0 Å². The zero-order chi connectivity index (χ0) is 24.4. The first kappa shape index (κ1) is 22.8. The van der Waals surface area contributed by atoms with Gasteiger partial charge in [0, 0.05) is 22.3 Å². The average Bonchev–Trinajstić information content (AvgIpc) is 2.96. The van der Waals surface area contributed by atoms with Crippen molar-refractivity contribution in [2.75, 3.05) is 10.9 Å². The van der Waals surface area contributed by atoms with Gasteiger partial charge < -0.3 is 0 Å². The first-order chi connectivity index (χ1) is 17.9. The summed E-state index contributed by atoms with van der Waals surface area (Å²) in [6, 6.07) is 48.6. The Kier molecular flexibility index (Phi) is 7.26. The van der Waals surface area contributed by atoms with Crippen molar-refractivity contribution in [3.8, 4) is 0 Å². The molecule has 4 nitrogen and oxygen atoms in total. The SMILES string of the molecule is c1ccc(N/N=C(\c2ccccc2)c2ccccc2/C(=N/Nc2ccccc2)c2ccccc2)cc1. The molecule has 174 valence electrons. The molecule has 4 heteroatoms. The third-order valence-electron chi connectivity index (χ3n) is 5.67. The number of rotatable bonds is 8. The Morgan fingerprint density at radius 2 is 0.667 bits per heavy atom. The van der Waals surface area contributed by atoms with E-state index in [-0.39, 0.29) is 0 Å². The van der Waals surface area contributed by atoms with Gasteiger partial charge in [-0.05, 0) is 24.3 Å². The van der Waals surface area contributed by atoms with Crippen LogP contribution in [0.4, 0.5) is 11.4 Å². The van der Waals surface area contributed by atoms with Crippen molar-refractivity contribution in [2.45, 2.75) is 0 Å². The molecular weight excluding hydrogens is 440 g/mol. The molecule has 0 aliphatic rings. The molecular formula is C32H26N4. The van der Waals surface area contributed by atoms with Gasteiger partial charge in [0.1, 0.15) is 0 Å². The van der Waals surface area contributed by atoms with Crippen LogP contribution >= 0.6 is 0 Å². The van der Waals surface area contributed by atoms with E-state index < -0.39 is 0 Å². The number of hydrazone groups is 2. The van der Waals surface area contributed by atoms with Gasteiger partial charge in [-0.15, -0.1) is 0 Å². The van der Waals surface area contributed by atoms with Crippen molar-refractivity contribution in [3.63, 3.8) is 0 Å². The molecule has 0 aliphatic carbocycles. The van der Waals surface area contributed by atoms with Crippen molar-refractivity contribution in [2.24, 2.45) is 10.2 Å². The second-order valence-electron chi connectivity index (χ2n) is 8.15. The Hall–Kier alpha value is -4.96. The Morgan fingerprint density at radius 1 is 0.361 bits per heavy atom. The standard InChI is InChI=1S/C32H26N4/c1-5-15-25(16-6-1)31(35-33-27-19-9-3-10-20-27)29-23-13-14-24-30(29)32(26-17-7-2-8-18-26)36-34-28-21-11-4-12-22-28/h1-24,33-34H/b35-31+,36-32+. The van der Waals surface area contributed by atoms with Gasteiger partial charge in [-0.3, -0.25) is 10.9 Å². The van der Waals surface area contributed by atoms with E-state index >= 15 is 0 Å². The monoisotopic (exact) mass is 466 g/mol. The summed E-state index contributed by atoms with van der Waals surface area (Å²) in [7, 11) is 0. The number of hydrogen-bond donors (Lipinski definition) is 2. The molecule has 0 saturated carbocycles. The number of benzene rings is 5. The molecule has 0 aromatic heterocycles. The molecule has 0 amide bonds. The fraction of sp³-hybridized carbons (Fsp3) is 0. The minimum Gasteiger partial charge on any atom is -0.278 e. The third kappa shape index (κ3) is 5.57. The molecule has 0 fully saturated rings. The molecule has 0 saturated heterocycles. The zero-order valence-electron chi connectivity index (χ0n) is 19.8. The van der Waals surface area contributed by atoms with Crippen LogP contribution in [0.15, 0.2) is 156 Å². The minimum atomic E-state index is 0.832. The maximum atomic E-state index is 4.88. The van der Waals surface area contributed by atoms with Gasteiger partial charge in [-0.25, -0.2) is 0 Å². The van der Waals surface area contributed by atoms with Crippen molar-refractivity contribution in [1.29, 1.82) is 0 Å². The van der Waals surface area contributed by atoms with E-state index in [0.29, 0.717) is 0 Å². The lowest BCUT2D eigenvalue weighted by atomic mass is 9.92. The van der Waals surface area contributed by atoms with Crippen molar-refractivity contribution in [1.82, 2.24) is 0 Å². The molecule has 5 aromatic rings. The number of nitrogens with zero attached hydrogens (tertiary/aromatic N) is 2. The second kappa shape index (κ2) is 11.4.